The van der Waals surface area contributed by atoms with Crippen LogP contribution in [0.4, 0.5) is 0 Å². The maximum absolute atomic E-state index is 11.3. The maximum Gasteiger partial charge on any atom is 0.220 e. The Kier molecular flexibility index (Phi) is 12.2. The van der Waals surface area contributed by atoms with Gasteiger partial charge >= 0.3 is 0 Å². The fourth-order valence-electron chi connectivity index (χ4n) is 1.56. The zero-order valence-corrected chi connectivity index (χ0v) is 11.7. The maximum atomic E-state index is 11.3. The molecule has 0 aliphatic carbocycles. The van der Waals surface area contributed by atoms with Gasteiger partial charge in [-0.25, -0.2) is 0 Å². The summed E-state index contributed by atoms with van der Waals surface area (Å²) in [6.07, 6.45) is 4.20. The van der Waals surface area contributed by atoms with Crippen molar-refractivity contribution >= 4 is 11.7 Å². The minimum atomic E-state index is 0. The Morgan fingerprint density at radius 1 is 1.00 bits per heavy atom. The van der Waals surface area contributed by atoms with E-state index in [9.17, 15) is 9.59 Å². The van der Waals surface area contributed by atoms with Crippen LogP contribution in [0.25, 0.3) is 0 Å². The van der Waals surface area contributed by atoms with Crippen molar-refractivity contribution in [2.45, 2.75) is 67.2 Å². The summed E-state index contributed by atoms with van der Waals surface area (Å²) in [5.41, 5.74) is 0. The summed E-state index contributed by atoms with van der Waals surface area (Å²) >= 11 is 0. The SMILES string of the molecule is C.CC(C)CC(=O)NCCCCCC(=O)C(C)C. The van der Waals surface area contributed by atoms with Crippen LogP contribution in [0.1, 0.15) is 67.2 Å². The predicted molar refractivity (Wildman–Crippen MR) is 77.5 cm³/mol. The van der Waals surface area contributed by atoms with Crippen LogP contribution in [0.15, 0.2) is 0 Å². The number of carbonyl (C=O) groups excluding carboxylic acids is 2. The van der Waals surface area contributed by atoms with Gasteiger partial charge in [0, 0.05) is 25.3 Å². The molecule has 0 bridgehead atoms. The van der Waals surface area contributed by atoms with Gasteiger partial charge < -0.3 is 5.32 Å². The molecule has 0 unspecified atom stereocenters. The zero-order chi connectivity index (χ0) is 13.3. The third-order valence-electron chi connectivity index (χ3n) is 2.66. The molecule has 0 rings (SSSR count). The third-order valence-corrected chi connectivity index (χ3v) is 2.66. The molecule has 0 aliphatic heterocycles. The second-order valence-electron chi connectivity index (χ2n) is 5.38. The molecule has 0 aliphatic rings. The van der Waals surface area contributed by atoms with Crippen LogP contribution in [0.5, 0.6) is 0 Å². The van der Waals surface area contributed by atoms with Gasteiger partial charge in [-0.1, -0.05) is 41.5 Å². The number of carbonyl (C=O) groups is 2. The summed E-state index contributed by atoms with van der Waals surface area (Å²) < 4.78 is 0. The topological polar surface area (TPSA) is 46.2 Å². The van der Waals surface area contributed by atoms with E-state index >= 15 is 0 Å². The van der Waals surface area contributed by atoms with Gasteiger partial charge in [0.2, 0.25) is 5.91 Å². The lowest BCUT2D eigenvalue weighted by Gasteiger charge is -2.07. The molecule has 18 heavy (non-hydrogen) atoms. The first-order valence-electron chi connectivity index (χ1n) is 6.73. The fraction of sp³-hybridized carbons (Fsp3) is 0.867. The highest BCUT2D eigenvalue weighted by atomic mass is 16.1. The van der Waals surface area contributed by atoms with E-state index in [0.29, 0.717) is 24.5 Å². The van der Waals surface area contributed by atoms with Gasteiger partial charge in [-0.3, -0.25) is 9.59 Å². The minimum Gasteiger partial charge on any atom is -0.356 e. The Morgan fingerprint density at radius 3 is 2.11 bits per heavy atom. The molecule has 1 N–H and O–H groups in total. The van der Waals surface area contributed by atoms with Crippen molar-refractivity contribution in [3.8, 4) is 0 Å². The van der Waals surface area contributed by atoms with Crippen molar-refractivity contribution in [1.82, 2.24) is 5.32 Å². The van der Waals surface area contributed by atoms with E-state index < -0.39 is 0 Å². The van der Waals surface area contributed by atoms with Crippen LogP contribution < -0.4 is 5.32 Å². The Labute approximate surface area is 113 Å². The van der Waals surface area contributed by atoms with Gasteiger partial charge in [-0.2, -0.15) is 0 Å². The van der Waals surface area contributed by atoms with Crippen molar-refractivity contribution < 1.29 is 9.59 Å². The largest absolute Gasteiger partial charge is 0.356 e. The molecule has 0 saturated heterocycles. The highest BCUT2D eigenvalue weighted by Gasteiger charge is 2.06. The lowest BCUT2D eigenvalue weighted by molar-refractivity contribution is -0.122. The molecule has 1 amide bonds. The van der Waals surface area contributed by atoms with E-state index in [4.69, 9.17) is 0 Å². The van der Waals surface area contributed by atoms with Crippen molar-refractivity contribution in [1.29, 1.82) is 0 Å². The molecule has 0 spiro atoms. The number of nitrogens with one attached hydrogen (secondary N) is 1. The number of hydrogen-bond acceptors (Lipinski definition) is 2. The quantitative estimate of drug-likeness (QED) is 0.642. The first-order valence-corrected chi connectivity index (χ1v) is 6.73. The Morgan fingerprint density at radius 2 is 1.61 bits per heavy atom. The number of Topliss-reactive ketones (excluding diaryl/α,β-unsaturated/α-hetero) is 1. The van der Waals surface area contributed by atoms with Crippen molar-refractivity contribution in [2.75, 3.05) is 6.54 Å². The highest BCUT2D eigenvalue weighted by molar-refractivity contribution is 5.80. The Balaban J connectivity index is 0. The number of hydrogen-bond donors (Lipinski definition) is 1. The fourth-order valence-corrected chi connectivity index (χ4v) is 1.56. The normalized spacial score (nSPS) is 10.3. The molecule has 0 aromatic carbocycles. The van der Waals surface area contributed by atoms with E-state index in [0.717, 1.165) is 25.8 Å². The number of unbranched alkanes of at least 4 members (excludes halogenated alkanes) is 2. The molecule has 3 heteroatoms. The molecule has 0 aromatic rings. The highest BCUT2D eigenvalue weighted by Crippen LogP contribution is 2.05. The van der Waals surface area contributed by atoms with Gasteiger partial charge in [0.1, 0.15) is 5.78 Å². The molecule has 108 valence electrons. The second kappa shape index (κ2) is 11.2. The summed E-state index contributed by atoms with van der Waals surface area (Å²) in [5.74, 6) is 1.05. The van der Waals surface area contributed by atoms with Crippen LogP contribution in [0.3, 0.4) is 0 Å². The van der Waals surface area contributed by atoms with E-state index in [1.807, 2.05) is 27.7 Å². The zero-order valence-electron chi connectivity index (χ0n) is 11.7. The third kappa shape index (κ3) is 11.6. The molecule has 0 fully saturated rings. The van der Waals surface area contributed by atoms with Crippen LogP contribution in [-0.2, 0) is 9.59 Å². The molecule has 3 nitrogen and oxygen atoms in total. The van der Waals surface area contributed by atoms with Gasteiger partial charge in [0.15, 0.2) is 0 Å². The Bertz CT molecular complexity index is 235. The summed E-state index contributed by atoms with van der Waals surface area (Å²) in [5, 5.41) is 2.90. The lowest BCUT2D eigenvalue weighted by Crippen LogP contribution is -2.25. The van der Waals surface area contributed by atoms with Crippen LogP contribution in [-0.4, -0.2) is 18.2 Å². The average molecular weight is 257 g/mol. The van der Waals surface area contributed by atoms with E-state index in [1.54, 1.807) is 0 Å². The van der Waals surface area contributed by atoms with Crippen molar-refractivity contribution in [2.24, 2.45) is 11.8 Å². The summed E-state index contributed by atoms with van der Waals surface area (Å²) in [6.45, 7) is 8.69. The van der Waals surface area contributed by atoms with Crippen molar-refractivity contribution in [3.05, 3.63) is 0 Å². The molecular weight excluding hydrogens is 226 g/mol. The van der Waals surface area contributed by atoms with Gasteiger partial charge in [-0.15, -0.1) is 0 Å². The van der Waals surface area contributed by atoms with E-state index in [1.165, 1.54) is 0 Å². The first kappa shape index (κ1) is 19.5. The molecule has 0 radical (unpaired) electrons. The van der Waals surface area contributed by atoms with Gasteiger partial charge in [-0.05, 0) is 18.8 Å². The number of ketones is 1. The standard InChI is InChI=1S/C14H27NO2.CH4/c1-11(2)10-14(17)15-9-7-5-6-8-13(16)12(3)4;/h11-12H,5-10H2,1-4H3,(H,15,17);1H4. The van der Waals surface area contributed by atoms with E-state index in [-0.39, 0.29) is 19.3 Å². The minimum absolute atomic E-state index is 0. The number of amides is 1. The average Bonchev–Trinajstić information content (AvgIpc) is 2.21. The molecule has 0 atom stereocenters. The molecule has 0 heterocycles. The monoisotopic (exact) mass is 257 g/mol. The van der Waals surface area contributed by atoms with E-state index in [2.05, 4.69) is 5.32 Å². The summed E-state index contributed by atoms with van der Waals surface area (Å²) in [7, 11) is 0. The first-order chi connectivity index (χ1) is 7.93. The van der Waals surface area contributed by atoms with Crippen LogP contribution >= 0.6 is 0 Å². The van der Waals surface area contributed by atoms with Gasteiger partial charge in [0.05, 0.1) is 0 Å². The Hall–Kier alpha value is -0.860. The van der Waals surface area contributed by atoms with Crippen LogP contribution in [0, 0.1) is 11.8 Å². The lowest BCUT2D eigenvalue weighted by atomic mass is 10.0. The predicted octanol–water partition coefficient (Wildman–Crippen LogP) is 3.57. The second-order valence-corrected chi connectivity index (χ2v) is 5.38. The smallest absolute Gasteiger partial charge is 0.220 e. The summed E-state index contributed by atoms with van der Waals surface area (Å²) in [4.78, 5) is 22.7. The molecule has 0 aromatic heterocycles. The summed E-state index contributed by atoms with van der Waals surface area (Å²) in [6, 6.07) is 0. The van der Waals surface area contributed by atoms with Crippen molar-refractivity contribution in [3.63, 3.8) is 0 Å². The number of rotatable bonds is 9. The van der Waals surface area contributed by atoms with Gasteiger partial charge in [0.25, 0.3) is 0 Å². The molecule has 0 saturated carbocycles. The van der Waals surface area contributed by atoms with Crippen LogP contribution in [0.2, 0.25) is 0 Å². The molecular formula is C15H31NO2.